The molecule has 0 aliphatic carbocycles. The number of nitrogens with one attached hydrogen (secondary N) is 1. The van der Waals surface area contributed by atoms with Crippen LogP contribution in [0, 0.1) is 18.3 Å². The van der Waals surface area contributed by atoms with E-state index in [0.29, 0.717) is 27.2 Å². The van der Waals surface area contributed by atoms with Crippen molar-refractivity contribution >= 4 is 33.6 Å². The van der Waals surface area contributed by atoms with E-state index < -0.39 is 5.91 Å². The molecule has 1 amide bonds. The number of nitrogens with zero attached hydrogens (tertiary/aromatic N) is 1. The third-order valence-corrected chi connectivity index (χ3v) is 4.15. The van der Waals surface area contributed by atoms with E-state index in [1.165, 1.54) is 6.08 Å². The number of amides is 1. The molecule has 0 saturated heterocycles. The molecule has 3 rings (SSSR count). The number of ether oxygens (including phenoxy) is 2. The molecular formula is C18H13BrN2O3. The van der Waals surface area contributed by atoms with Crippen LogP contribution in [-0.4, -0.2) is 12.7 Å². The number of rotatable bonds is 3. The van der Waals surface area contributed by atoms with E-state index in [-0.39, 0.29) is 12.4 Å². The molecule has 120 valence electrons. The van der Waals surface area contributed by atoms with E-state index in [9.17, 15) is 10.1 Å². The van der Waals surface area contributed by atoms with E-state index >= 15 is 0 Å². The third kappa shape index (κ3) is 3.42. The number of anilines is 1. The molecule has 1 N–H and O–H groups in total. The second-order valence-electron chi connectivity index (χ2n) is 5.22. The quantitative estimate of drug-likeness (QED) is 0.640. The van der Waals surface area contributed by atoms with Gasteiger partial charge in [-0.2, -0.15) is 5.26 Å². The molecule has 24 heavy (non-hydrogen) atoms. The molecule has 0 radical (unpaired) electrons. The lowest BCUT2D eigenvalue weighted by molar-refractivity contribution is -0.112. The third-order valence-electron chi connectivity index (χ3n) is 3.47. The minimum Gasteiger partial charge on any atom is -0.454 e. The van der Waals surface area contributed by atoms with E-state index in [1.807, 2.05) is 25.1 Å². The van der Waals surface area contributed by atoms with Crippen molar-refractivity contribution in [1.29, 1.82) is 5.26 Å². The predicted molar refractivity (Wildman–Crippen MR) is 93.7 cm³/mol. The van der Waals surface area contributed by atoms with E-state index in [0.717, 1.165) is 5.56 Å². The smallest absolute Gasteiger partial charge is 0.266 e. The van der Waals surface area contributed by atoms with Crippen molar-refractivity contribution in [2.45, 2.75) is 6.92 Å². The topological polar surface area (TPSA) is 71.4 Å². The summed E-state index contributed by atoms with van der Waals surface area (Å²) in [6, 6.07) is 12.8. The van der Waals surface area contributed by atoms with Crippen LogP contribution in [0.2, 0.25) is 0 Å². The Bertz CT molecular complexity index is 867. The number of halogens is 1. The van der Waals surface area contributed by atoms with Crippen LogP contribution in [0.3, 0.4) is 0 Å². The number of hydrogen-bond donors (Lipinski definition) is 1. The highest BCUT2D eigenvalue weighted by atomic mass is 79.9. The molecule has 0 spiro atoms. The molecule has 1 aliphatic heterocycles. The van der Waals surface area contributed by atoms with Gasteiger partial charge in [-0.3, -0.25) is 4.79 Å². The molecule has 0 fully saturated rings. The van der Waals surface area contributed by atoms with Gasteiger partial charge in [0.2, 0.25) is 6.79 Å². The van der Waals surface area contributed by atoms with Crippen molar-refractivity contribution in [1.82, 2.24) is 0 Å². The van der Waals surface area contributed by atoms with Crippen molar-refractivity contribution in [2.24, 2.45) is 0 Å². The molecule has 6 heteroatoms. The Morgan fingerprint density at radius 3 is 2.58 bits per heavy atom. The molecule has 2 aromatic carbocycles. The van der Waals surface area contributed by atoms with Crippen LogP contribution in [0.4, 0.5) is 5.69 Å². The maximum atomic E-state index is 12.3. The monoisotopic (exact) mass is 384 g/mol. The zero-order chi connectivity index (χ0) is 17.1. The van der Waals surface area contributed by atoms with Crippen molar-refractivity contribution in [3.8, 4) is 17.6 Å². The zero-order valence-electron chi connectivity index (χ0n) is 12.8. The Hall–Kier alpha value is -2.78. The molecule has 0 aromatic heterocycles. The summed E-state index contributed by atoms with van der Waals surface area (Å²) in [6.45, 7) is 2.12. The minimum atomic E-state index is -0.467. The Kier molecular flexibility index (Phi) is 4.54. The first-order valence-electron chi connectivity index (χ1n) is 7.16. The summed E-state index contributed by atoms with van der Waals surface area (Å²) in [5, 5.41) is 12.0. The second-order valence-corrected chi connectivity index (χ2v) is 6.07. The number of benzene rings is 2. The molecule has 0 bridgehead atoms. The standard InChI is InChI=1S/C18H13BrN2O3/c1-11-2-4-14(5-3-11)21-18(22)13(9-20)6-12-7-16-17(8-15(12)19)24-10-23-16/h2-8H,10H2,1H3,(H,21,22)/b13-6-. The van der Waals surface area contributed by atoms with E-state index in [4.69, 9.17) is 9.47 Å². The molecular weight excluding hydrogens is 372 g/mol. The minimum absolute atomic E-state index is 0.00450. The van der Waals surface area contributed by atoms with Crippen LogP contribution in [0.25, 0.3) is 6.08 Å². The molecule has 0 unspecified atom stereocenters. The SMILES string of the molecule is Cc1ccc(NC(=O)/C(C#N)=C\c2cc3c(cc2Br)OCO3)cc1. The van der Waals surface area contributed by atoms with Gasteiger partial charge in [-0.25, -0.2) is 0 Å². The van der Waals surface area contributed by atoms with Crippen LogP contribution in [-0.2, 0) is 4.79 Å². The van der Waals surface area contributed by atoms with Gasteiger partial charge >= 0.3 is 0 Å². The summed E-state index contributed by atoms with van der Waals surface area (Å²) < 4.78 is 11.3. The number of fused-ring (bicyclic) bond motifs is 1. The summed E-state index contributed by atoms with van der Waals surface area (Å²) in [5.74, 6) is 0.744. The largest absolute Gasteiger partial charge is 0.454 e. The number of carbonyl (C=O) groups is 1. The van der Waals surface area contributed by atoms with Crippen LogP contribution < -0.4 is 14.8 Å². The fourth-order valence-electron chi connectivity index (χ4n) is 2.18. The van der Waals surface area contributed by atoms with E-state index in [1.54, 1.807) is 24.3 Å². The Morgan fingerprint density at radius 1 is 1.25 bits per heavy atom. The van der Waals surface area contributed by atoms with Gasteiger partial charge in [0.05, 0.1) is 0 Å². The number of carbonyl (C=O) groups excluding carboxylic acids is 1. The van der Waals surface area contributed by atoms with Crippen molar-refractivity contribution in [2.75, 3.05) is 12.1 Å². The lowest BCUT2D eigenvalue weighted by atomic mass is 10.1. The molecule has 0 saturated carbocycles. The highest BCUT2D eigenvalue weighted by molar-refractivity contribution is 9.10. The predicted octanol–water partition coefficient (Wildman–Crippen LogP) is 4.03. The molecule has 1 heterocycles. The van der Waals surface area contributed by atoms with Gasteiger partial charge in [0.15, 0.2) is 11.5 Å². The summed E-state index contributed by atoms with van der Waals surface area (Å²) >= 11 is 3.41. The van der Waals surface area contributed by atoms with Gasteiger partial charge in [-0.1, -0.05) is 33.6 Å². The van der Waals surface area contributed by atoms with Crippen molar-refractivity contribution in [3.63, 3.8) is 0 Å². The first-order chi connectivity index (χ1) is 11.6. The summed E-state index contributed by atoms with van der Waals surface area (Å²) in [5.41, 5.74) is 2.38. The lowest BCUT2D eigenvalue weighted by Gasteiger charge is -2.06. The van der Waals surface area contributed by atoms with Crippen LogP contribution >= 0.6 is 15.9 Å². The van der Waals surface area contributed by atoms with Crippen molar-refractivity contribution in [3.05, 3.63) is 57.6 Å². The molecule has 1 aliphatic rings. The maximum absolute atomic E-state index is 12.3. The Morgan fingerprint density at radius 2 is 1.92 bits per heavy atom. The average Bonchev–Trinajstić information content (AvgIpc) is 3.01. The summed E-state index contributed by atoms with van der Waals surface area (Å²) in [7, 11) is 0. The van der Waals surface area contributed by atoms with Gasteiger partial charge in [-0.05, 0) is 42.8 Å². The Labute approximate surface area is 147 Å². The molecule has 5 nitrogen and oxygen atoms in total. The number of hydrogen-bond acceptors (Lipinski definition) is 4. The number of nitriles is 1. The molecule has 2 aromatic rings. The summed E-state index contributed by atoms with van der Waals surface area (Å²) in [4.78, 5) is 12.3. The fraction of sp³-hybridized carbons (Fsp3) is 0.111. The zero-order valence-corrected chi connectivity index (χ0v) is 14.4. The highest BCUT2D eigenvalue weighted by Crippen LogP contribution is 2.37. The van der Waals surface area contributed by atoms with Crippen LogP contribution in [0.5, 0.6) is 11.5 Å². The van der Waals surface area contributed by atoms with Gasteiger partial charge in [0.25, 0.3) is 5.91 Å². The van der Waals surface area contributed by atoms with Crippen LogP contribution in [0.1, 0.15) is 11.1 Å². The van der Waals surface area contributed by atoms with Gasteiger partial charge < -0.3 is 14.8 Å². The maximum Gasteiger partial charge on any atom is 0.266 e. The Balaban J connectivity index is 1.85. The number of aryl methyl sites for hydroxylation is 1. The fourth-order valence-corrected chi connectivity index (χ4v) is 2.62. The van der Waals surface area contributed by atoms with Crippen LogP contribution in [0.15, 0.2) is 46.4 Å². The van der Waals surface area contributed by atoms with E-state index in [2.05, 4.69) is 21.2 Å². The van der Waals surface area contributed by atoms with Gasteiger partial charge in [0.1, 0.15) is 11.6 Å². The summed E-state index contributed by atoms with van der Waals surface area (Å²) in [6.07, 6.45) is 1.51. The van der Waals surface area contributed by atoms with Gasteiger partial charge in [-0.15, -0.1) is 0 Å². The second kappa shape index (κ2) is 6.77. The van der Waals surface area contributed by atoms with Crippen molar-refractivity contribution < 1.29 is 14.3 Å². The highest BCUT2D eigenvalue weighted by Gasteiger charge is 2.17. The first kappa shape index (κ1) is 16.1. The normalized spacial score (nSPS) is 12.6. The first-order valence-corrected chi connectivity index (χ1v) is 7.95. The van der Waals surface area contributed by atoms with Gasteiger partial charge in [0, 0.05) is 10.2 Å². The average molecular weight is 385 g/mol. The lowest BCUT2D eigenvalue weighted by Crippen LogP contribution is -2.13. The molecule has 0 atom stereocenters.